The molecule has 0 spiro atoms. The van der Waals surface area contributed by atoms with Gasteiger partial charge in [0.1, 0.15) is 11.5 Å². The second-order valence-electron chi connectivity index (χ2n) is 9.46. The van der Waals surface area contributed by atoms with Crippen LogP contribution in [0.1, 0.15) is 98.1 Å². The number of alkyl halides is 3. The Hall–Kier alpha value is -2.11. The fourth-order valence-corrected chi connectivity index (χ4v) is 3.91. The second kappa shape index (κ2) is 14.3. The Balaban J connectivity index is 0.000000411. The van der Waals surface area contributed by atoms with Crippen LogP contribution in [-0.2, 0) is 4.79 Å². The predicted octanol–water partition coefficient (Wildman–Crippen LogP) is 8.32. The maximum absolute atomic E-state index is 14.5. The quantitative estimate of drug-likeness (QED) is 0.249. The molecule has 0 amide bonds. The van der Waals surface area contributed by atoms with Crippen LogP contribution in [0.3, 0.4) is 0 Å². The Morgan fingerprint density at radius 3 is 2.26 bits per heavy atom. The van der Waals surface area contributed by atoms with E-state index in [1.165, 1.54) is 13.3 Å². The Morgan fingerprint density at radius 2 is 1.76 bits per heavy atom. The summed E-state index contributed by atoms with van der Waals surface area (Å²) in [5, 5.41) is 0. The minimum atomic E-state index is -2.49. The Morgan fingerprint density at radius 1 is 1.15 bits per heavy atom. The molecule has 1 heterocycles. The fourth-order valence-electron chi connectivity index (χ4n) is 3.91. The summed E-state index contributed by atoms with van der Waals surface area (Å²) >= 11 is 0. The van der Waals surface area contributed by atoms with Gasteiger partial charge in [0.05, 0.1) is 6.04 Å². The van der Waals surface area contributed by atoms with E-state index in [0.717, 1.165) is 43.7 Å². The number of rotatable bonds is 10. The third-order valence-electron chi connectivity index (χ3n) is 6.57. The van der Waals surface area contributed by atoms with E-state index in [9.17, 15) is 18.0 Å². The number of hydrogen-bond acceptors (Lipinski definition) is 2. The molecular formula is C28H43F3N2O. The molecule has 1 aromatic rings. The van der Waals surface area contributed by atoms with E-state index in [1.807, 2.05) is 56.1 Å². The Bertz CT molecular complexity index is 815. The summed E-state index contributed by atoms with van der Waals surface area (Å²) in [6.07, 6.45) is 4.98. The number of Topliss-reactive ketones (excluding diaryl/α,β-unsaturated/α-hetero) is 1. The van der Waals surface area contributed by atoms with E-state index >= 15 is 0 Å². The van der Waals surface area contributed by atoms with Crippen LogP contribution in [0.4, 0.5) is 13.2 Å². The standard InChI is InChI=1S/C18H23FN2O.C10H20F2/c1-5-12(2)17(13(3)22)20-18-15(19)11-16(21(18)4)14-9-7-6-8-10-14;1-4-5-6-7-8-9(2)10(3,11)12/h6-10,15-16H,5,11H2,1-4H3;9H,4-8H2,1-3H3. The summed E-state index contributed by atoms with van der Waals surface area (Å²) < 4.78 is 39.7. The largest absolute Gasteiger partial charge is 0.353 e. The first-order valence-corrected chi connectivity index (χ1v) is 12.5. The minimum absolute atomic E-state index is 0.0370. The van der Waals surface area contributed by atoms with Crippen LogP contribution in [0.5, 0.6) is 0 Å². The van der Waals surface area contributed by atoms with Crippen molar-refractivity contribution in [3.05, 3.63) is 47.2 Å². The number of ketones is 1. The molecule has 0 saturated carbocycles. The van der Waals surface area contributed by atoms with Gasteiger partial charge in [-0.3, -0.25) is 4.79 Å². The number of hydrogen-bond donors (Lipinski definition) is 0. The maximum Gasteiger partial charge on any atom is 0.247 e. The molecule has 1 aliphatic rings. The van der Waals surface area contributed by atoms with E-state index in [-0.39, 0.29) is 11.8 Å². The molecule has 1 aliphatic heterocycles. The van der Waals surface area contributed by atoms with Crippen molar-refractivity contribution in [2.45, 2.75) is 105 Å². The summed E-state index contributed by atoms with van der Waals surface area (Å²) in [5.41, 5.74) is 2.35. The number of nitrogens with zero attached hydrogens (tertiary/aromatic N) is 2. The van der Waals surface area contributed by atoms with Crippen LogP contribution in [0.2, 0.25) is 0 Å². The molecule has 3 atom stereocenters. The van der Waals surface area contributed by atoms with Gasteiger partial charge in [-0.2, -0.15) is 0 Å². The number of amidine groups is 1. The van der Waals surface area contributed by atoms with Gasteiger partial charge in [-0.15, -0.1) is 0 Å². The summed E-state index contributed by atoms with van der Waals surface area (Å²) in [6, 6.07) is 9.80. The first kappa shape index (κ1) is 29.9. The van der Waals surface area contributed by atoms with Crippen molar-refractivity contribution in [3.63, 3.8) is 0 Å². The molecule has 2 rings (SSSR count). The monoisotopic (exact) mass is 480 g/mol. The van der Waals surface area contributed by atoms with E-state index < -0.39 is 18.0 Å². The molecule has 0 bridgehead atoms. The van der Waals surface area contributed by atoms with E-state index in [0.29, 0.717) is 24.4 Å². The van der Waals surface area contributed by atoms with E-state index in [2.05, 4.69) is 11.9 Å². The maximum atomic E-state index is 14.5. The van der Waals surface area contributed by atoms with Crippen LogP contribution >= 0.6 is 0 Å². The summed E-state index contributed by atoms with van der Waals surface area (Å²) in [6.45, 7) is 10.1. The van der Waals surface area contributed by atoms with Crippen LogP contribution in [-0.4, -0.2) is 35.7 Å². The van der Waals surface area contributed by atoms with Crippen molar-refractivity contribution in [1.82, 2.24) is 4.90 Å². The van der Waals surface area contributed by atoms with Crippen LogP contribution < -0.4 is 0 Å². The van der Waals surface area contributed by atoms with E-state index in [1.54, 1.807) is 6.92 Å². The van der Waals surface area contributed by atoms with Gasteiger partial charge in [0.2, 0.25) is 5.92 Å². The molecule has 0 aromatic heterocycles. The Kier molecular flexibility index (Phi) is 12.6. The lowest BCUT2D eigenvalue weighted by atomic mass is 9.97. The zero-order valence-corrected chi connectivity index (χ0v) is 22.0. The normalized spacial score (nSPS) is 21.1. The highest BCUT2D eigenvalue weighted by molar-refractivity contribution is 5.99. The average Bonchev–Trinajstić information content (AvgIpc) is 3.07. The first-order chi connectivity index (χ1) is 15.9. The molecule has 1 saturated heterocycles. The van der Waals surface area contributed by atoms with Gasteiger partial charge in [-0.1, -0.05) is 76.8 Å². The zero-order chi connectivity index (χ0) is 25.9. The molecule has 0 radical (unpaired) electrons. The molecule has 0 aliphatic carbocycles. The molecule has 192 valence electrons. The molecule has 34 heavy (non-hydrogen) atoms. The summed E-state index contributed by atoms with van der Waals surface area (Å²) in [7, 11) is 1.84. The van der Waals surface area contributed by atoms with Crippen molar-refractivity contribution in [1.29, 1.82) is 0 Å². The van der Waals surface area contributed by atoms with Gasteiger partial charge in [0, 0.05) is 26.3 Å². The van der Waals surface area contributed by atoms with Crippen molar-refractivity contribution >= 4 is 11.6 Å². The fraction of sp³-hybridized carbons (Fsp3) is 0.643. The van der Waals surface area contributed by atoms with Crippen LogP contribution in [0, 0.1) is 5.92 Å². The summed E-state index contributed by atoms with van der Waals surface area (Å²) in [5.74, 6) is -2.72. The molecule has 6 heteroatoms. The highest BCUT2D eigenvalue weighted by Crippen LogP contribution is 2.34. The summed E-state index contributed by atoms with van der Waals surface area (Å²) in [4.78, 5) is 18.0. The molecule has 3 nitrogen and oxygen atoms in total. The number of carbonyl (C=O) groups is 1. The lowest BCUT2D eigenvalue weighted by molar-refractivity contribution is -0.113. The SMILES string of the molecule is CCC(C)=C(N=C1C(F)CC(c2ccccc2)N1C)C(C)=O.CCCCCCC(C)C(C)(F)F. The number of aliphatic imine (C=N–C) groups is 1. The van der Waals surface area contributed by atoms with Gasteiger partial charge in [-0.05, 0) is 37.8 Å². The van der Waals surface area contributed by atoms with Crippen molar-refractivity contribution in [2.75, 3.05) is 7.05 Å². The minimum Gasteiger partial charge on any atom is -0.353 e. The third kappa shape index (κ3) is 9.27. The molecule has 1 aromatic carbocycles. The average molecular weight is 481 g/mol. The topological polar surface area (TPSA) is 32.7 Å². The van der Waals surface area contributed by atoms with Gasteiger partial charge >= 0.3 is 0 Å². The van der Waals surface area contributed by atoms with Crippen LogP contribution in [0.15, 0.2) is 46.6 Å². The molecule has 3 unspecified atom stereocenters. The van der Waals surface area contributed by atoms with Gasteiger partial charge < -0.3 is 4.90 Å². The number of allylic oxidation sites excluding steroid dienone is 2. The number of likely N-dealkylation sites (tertiary alicyclic amines) is 1. The second-order valence-corrected chi connectivity index (χ2v) is 9.46. The van der Waals surface area contributed by atoms with Gasteiger partial charge in [0.15, 0.2) is 12.0 Å². The molecule has 0 N–H and O–H groups in total. The smallest absolute Gasteiger partial charge is 0.247 e. The predicted molar refractivity (Wildman–Crippen MR) is 136 cm³/mol. The number of benzene rings is 1. The van der Waals surface area contributed by atoms with E-state index in [4.69, 9.17) is 0 Å². The van der Waals surface area contributed by atoms with Crippen molar-refractivity contribution in [2.24, 2.45) is 10.9 Å². The lowest BCUT2D eigenvalue weighted by Crippen LogP contribution is -2.26. The number of carbonyl (C=O) groups excluding carboxylic acids is 1. The van der Waals surface area contributed by atoms with Crippen molar-refractivity contribution < 1.29 is 18.0 Å². The highest BCUT2D eigenvalue weighted by atomic mass is 19.3. The third-order valence-corrected chi connectivity index (χ3v) is 6.57. The van der Waals surface area contributed by atoms with Gasteiger partial charge in [-0.25, -0.2) is 18.2 Å². The number of unbranched alkanes of at least 4 members (excludes halogenated alkanes) is 3. The zero-order valence-electron chi connectivity index (χ0n) is 22.0. The first-order valence-electron chi connectivity index (χ1n) is 12.5. The number of halogens is 3. The molecule has 1 fully saturated rings. The lowest BCUT2D eigenvalue weighted by Gasteiger charge is -2.22. The van der Waals surface area contributed by atoms with Crippen molar-refractivity contribution in [3.8, 4) is 0 Å². The highest BCUT2D eigenvalue weighted by Gasteiger charge is 2.36. The molecular weight excluding hydrogens is 437 g/mol. The van der Waals surface area contributed by atoms with Crippen LogP contribution in [0.25, 0.3) is 0 Å². The van der Waals surface area contributed by atoms with Gasteiger partial charge in [0.25, 0.3) is 0 Å². The Labute approximate surface area is 204 Å².